The first-order valence-electron chi connectivity index (χ1n) is 10.6. The standard InChI is InChI=1S/C17H26O4.C7H8N2O3S/c1-3-15-4-6-16(7-5-15)12-17(2,13-20-10-8-18)14-21-11-9-19;8-7(10)5-1-3-6(4-2-5)13(9,11)12/h3-7,18-19H,1,8-14H2,2H3;1-4H,(H2,8,10)(H2,9,11,12). The number of nitrogens with two attached hydrogens (primary N) is 2. The number of carbonyl (C=O) groups excluding carboxylic acids is 1. The monoisotopic (exact) mass is 494 g/mol. The van der Waals surface area contributed by atoms with Gasteiger partial charge in [0.1, 0.15) is 0 Å². The van der Waals surface area contributed by atoms with Crippen LogP contribution in [0.2, 0.25) is 0 Å². The molecule has 188 valence electrons. The van der Waals surface area contributed by atoms with Gasteiger partial charge in [0, 0.05) is 11.0 Å². The summed E-state index contributed by atoms with van der Waals surface area (Å²) in [7, 11) is -3.70. The summed E-state index contributed by atoms with van der Waals surface area (Å²) in [5, 5.41) is 22.5. The average Bonchev–Trinajstić information content (AvgIpc) is 2.80. The second-order valence-corrected chi connectivity index (χ2v) is 9.48. The fraction of sp³-hybridized carbons (Fsp3) is 0.375. The Morgan fingerprint density at radius 3 is 1.88 bits per heavy atom. The zero-order valence-corrected chi connectivity index (χ0v) is 20.2. The van der Waals surface area contributed by atoms with Crippen LogP contribution >= 0.6 is 0 Å². The minimum Gasteiger partial charge on any atom is -0.394 e. The highest BCUT2D eigenvalue weighted by Gasteiger charge is 2.25. The Bertz CT molecular complexity index is 981. The maximum atomic E-state index is 10.8. The van der Waals surface area contributed by atoms with Crippen molar-refractivity contribution in [1.82, 2.24) is 0 Å². The molecule has 0 heterocycles. The Morgan fingerprint density at radius 2 is 1.50 bits per heavy atom. The van der Waals surface area contributed by atoms with Crippen LogP contribution in [-0.2, 0) is 25.9 Å². The quantitative estimate of drug-likeness (QED) is 0.305. The van der Waals surface area contributed by atoms with E-state index in [-0.39, 0.29) is 29.1 Å². The normalized spacial score (nSPS) is 11.4. The number of hydrogen-bond acceptors (Lipinski definition) is 7. The molecular weight excluding hydrogens is 460 g/mol. The number of benzene rings is 2. The first kappa shape index (κ1) is 29.4. The second-order valence-electron chi connectivity index (χ2n) is 7.92. The summed E-state index contributed by atoms with van der Waals surface area (Å²) in [6.07, 6.45) is 2.62. The fourth-order valence-corrected chi connectivity index (χ4v) is 3.50. The van der Waals surface area contributed by atoms with E-state index in [0.29, 0.717) is 26.4 Å². The van der Waals surface area contributed by atoms with Gasteiger partial charge in [-0.05, 0) is 41.8 Å². The number of primary sulfonamides is 1. The molecular formula is C24H34N2O7S. The maximum Gasteiger partial charge on any atom is 0.248 e. The van der Waals surface area contributed by atoms with Crippen molar-refractivity contribution in [2.75, 3.05) is 39.6 Å². The van der Waals surface area contributed by atoms with Gasteiger partial charge in [0.2, 0.25) is 15.9 Å². The number of carbonyl (C=O) groups is 1. The van der Waals surface area contributed by atoms with Crippen molar-refractivity contribution in [2.24, 2.45) is 16.3 Å². The van der Waals surface area contributed by atoms with E-state index >= 15 is 0 Å². The summed E-state index contributed by atoms with van der Waals surface area (Å²) >= 11 is 0. The number of rotatable bonds is 13. The summed E-state index contributed by atoms with van der Waals surface area (Å²) in [5.74, 6) is -0.610. The molecule has 2 aromatic rings. The summed E-state index contributed by atoms with van der Waals surface area (Å²) < 4.78 is 32.5. The fourth-order valence-electron chi connectivity index (χ4n) is 2.98. The largest absolute Gasteiger partial charge is 0.394 e. The van der Waals surface area contributed by atoms with E-state index in [0.717, 1.165) is 12.0 Å². The van der Waals surface area contributed by atoms with Crippen molar-refractivity contribution in [3.8, 4) is 0 Å². The molecule has 0 aliphatic rings. The van der Waals surface area contributed by atoms with Crippen molar-refractivity contribution in [3.05, 3.63) is 71.8 Å². The lowest BCUT2D eigenvalue weighted by atomic mass is 9.85. The number of ether oxygens (including phenoxy) is 2. The van der Waals surface area contributed by atoms with Crippen molar-refractivity contribution in [1.29, 1.82) is 0 Å². The highest BCUT2D eigenvalue weighted by Crippen LogP contribution is 2.24. The number of aliphatic hydroxyl groups excluding tert-OH is 2. The molecule has 2 aromatic carbocycles. The van der Waals surface area contributed by atoms with Gasteiger partial charge in [-0.15, -0.1) is 0 Å². The lowest BCUT2D eigenvalue weighted by molar-refractivity contribution is -0.0271. The van der Waals surface area contributed by atoms with E-state index in [2.05, 4.69) is 25.6 Å². The zero-order chi connectivity index (χ0) is 25.6. The van der Waals surface area contributed by atoms with Gasteiger partial charge in [0.05, 0.1) is 44.5 Å². The lowest BCUT2D eigenvalue weighted by Gasteiger charge is -2.29. The van der Waals surface area contributed by atoms with Gasteiger partial charge in [0.15, 0.2) is 0 Å². The average molecular weight is 495 g/mol. The third-order valence-corrected chi connectivity index (χ3v) is 5.62. The summed E-state index contributed by atoms with van der Waals surface area (Å²) in [6, 6.07) is 13.3. The van der Waals surface area contributed by atoms with Crippen LogP contribution in [-0.4, -0.2) is 64.2 Å². The van der Waals surface area contributed by atoms with Gasteiger partial charge >= 0.3 is 0 Å². The van der Waals surface area contributed by atoms with E-state index in [1.807, 2.05) is 18.2 Å². The Labute approximate surface area is 201 Å². The molecule has 34 heavy (non-hydrogen) atoms. The van der Waals surface area contributed by atoms with Gasteiger partial charge in [-0.25, -0.2) is 13.6 Å². The third-order valence-electron chi connectivity index (χ3n) is 4.69. The van der Waals surface area contributed by atoms with Crippen LogP contribution in [0.5, 0.6) is 0 Å². The van der Waals surface area contributed by atoms with E-state index < -0.39 is 15.9 Å². The van der Waals surface area contributed by atoms with Crippen LogP contribution in [0.15, 0.2) is 60.0 Å². The molecule has 0 aliphatic heterocycles. The van der Waals surface area contributed by atoms with E-state index in [9.17, 15) is 13.2 Å². The molecule has 0 saturated heterocycles. The van der Waals surface area contributed by atoms with Crippen molar-refractivity contribution in [2.45, 2.75) is 18.2 Å². The first-order valence-corrected chi connectivity index (χ1v) is 12.1. The maximum absolute atomic E-state index is 10.8. The van der Waals surface area contributed by atoms with Crippen LogP contribution in [0.25, 0.3) is 6.08 Å². The summed E-state index contributed by atoms with van der Waals surface area (Å²) in [5.41, 5.74) is 7.29. The van der Waals surface area contributed by atoms with Crippen LogP contribution in [0.1, 0.15) is 28.4 Å². The van der Waals surface area contributed by atoms with E-state index in [4.69, 9.17) is 30.6 Å². The van der Waals surface area contributed by atoms with E-state index in [1.165, 1.54) is 29.8 Å². The molecule has 0 bridgehead atoms. The molecule has 0 saturated carbocycles. The predicted octanol–water partition coefficient (Wildman–Crippen LogP) is 1.33. The van der Waals surface area contributed by atoms with Crippen molar-refractivity contribution >= 4 is 22.0 Å². The predicted molar refractivity (Wildman–Crippen MR) is 130 cm³/mol. The number of amides is 1. The molecule has 9 nitrogen and oxygen atoms in total. The van der Waals surface area contributed by atoms with Crippen molar-refractivity contribution < 1.29 is 32.9 Å². The number of primary amides is 1. The highest BCUT2D eigenvalue weighted by atomic mass is 32.2. The van der Waals surface area contributed by atoms with Crippen LogP contribution in [0.4, 0.5) is 0 Å². The Hall–Kier alpha value is -2.60. The molecule has 1 amide bonds. The minimum atomic E-state index is -3.70. The van der Waals surface area contributed by atoms with Gasteiger partial charge in [0.25, 0.3) is 0 Å². The molecule has 2 rings (SSSR count). The summed E-state index contributed by atoms with van der Waals surface area (Å²) in [4.78, 5) is 10.6. The van der Waals surface area contributed by atoms with Crippen molar-refractivity contribution in [3.63, 3.8) is 0 Å². The van der Waals surface area contributed by atoms with Crippen LogP contribution in [0, 0.1) is 5.41 Å². The van der Waals surface area contributed by atoms with E-state index in [1.54, 1.807) is 0 Å². The highest BCUT2D eigenvalue weighted by molar-refractivity contribution is 7.89. The van der Waals surface area contributed by atoms with Gasteiger partial charge < -0.3 is 25.4 Å². The molecule has 0 unspecified atom stereocenters. The number of hydrogen-bond donors (Lipinski definition) is 4. The van der Waals surface area contributed by atoms with Gasteiger partial charge in [-0.3, -0.25) is 4.79 Å². The molecule has 10 heteroatoms. The molecule has 0 aromatic heterocycles. The Morgan fingerprint density at radius 1 is 1.00 bits per heavy atom. The molecule has 0 atom stereocenters. The zero-order valence-electron chi connectivity index (χ0n) is 19.4. The number of sulfonamides is 1. The molecule has 0 spiro atoms. The minimum absolute atomic E-state index is 0.0155. The van der Waals surface area contributed by atoms with Gasteiger partial charge in [-0.1, -0.05) is 43.8 Å². The smallest absolute Gasteiger partial charge is 0.248 e. The topological polar surface area (TPSA) is 162 Å². The molecule has 0 radical (unpaired) electrons. The Kier molecular flexibility index (Phi) is 12.7. The summed E-state index contributed by atoms with van der Waals surface area (Å²) in [6.45, 7) is 7.52. The number of aliphatic hydroxyl groups is 2. The molecule has 0 aliphatic carbocycles. The first-order chi connectivity index (χ1) is 16.0. The lowest BCUT2D eigenvalue weighted by Crippen LogP contribution is -2.32. The second kappa shape index (κ2) is 14.6. The Balaban J connectivity index is 0.000000380. The molecule has 0 fully saturated rings. The van der Waals surface area contributed by atoms with Crippen LogP contribution in [0.3, 0.4) is 0 Å². The van der Waals surface area contributed by atoms with Gasteiger partial charge in [-0.2, -0.15) is 0 Å². The van der Waals surface area contributed by atoms with Crippen LogP contribution < -0.4 is 10.9 Å². The SMILES string of the molecule is C=Cc1ccc(CC(C)(COCCO)COCCO)cc1.NC(=O)c1ccc(S(N)(=O)=O)cc1. The molecule has 6 N–H and O–H groups in total. The third kappa shape index (κ3) is 11.0.